The first-order valence-electron chi connectivity index (χ1n) is 9.03. The standard InChI is InChI=1S/C21H24FN5/c1-2-24-21(26-14-19-4-3-5-20(22)12-19)25-13-17-6-8-18(9-7-17)15-27-11-10-23-16-27/h3-12,16H,2,13-15H2,1H3,(H2,24,25,26). The van der Waals surface area contributed by atoms with Gasteiger partial charge in [-0.2, -0.15) is 0 Å². The molecule has 0 radical (unpaired) electrons. The molecule has 0 bridgehead atoms. The lowest BCUT2D eigenvalue weighted by atomic mass is 10.1. The molecule has 0 saturated carbocycles. The van der Waals surface area contributed by atoms with Crippen LogP contribution in [0.3, 0.4) is 0 Å². The van der Waals surface area contributed by atoms with Gasteiger partial charge < -0.3 is 15.2 Å². The number of imidazole rings is 1. The van der Waals surface area contributed by atoms with Crippen molar-refractivity contribution in [3.8, 4) is 0 Å². The van der Waals surface area contributed by atoms with Gasteiger partial charge in [0.15, 0.2) is 5.96 Å². The zero-order valence-corrected chi connectivity index (χ0v) is 15.4. The van der Waals surface area contributed by atoms with E-state index in [4.69, 9.17) is 0 Å². The van der Waals surface area contributed by atoms with Gasteiger partial charge in [-0.1, -0.05) is 36.4 Å². The highest BCUT2D eigenvalue weighted by atomic mass is 19.1. The number of hydrogen-bond acceptors (Lipinski definition) is 2. The van der Waals surface area contributed by atoms with E-state index >= 15 is 0 Å². The third-order valence-corrected chi connectivity index (χ3v) is 4.06. The van der Waals surface area contributed by atoms with E-state index < -0.39 is 0 Å². The Bertz CT molecular complexity index is 857. The number of aromatic nitrogens is 2. The number of aliphatic imine (C=N–C) groups is 1. The summed E-state index contributed by atoms with van der Waals surface area (Å²) in [5.74, 6) is 0.473. The van der Waals surface area contributed by atoms with Gasteiger partial charge in [0.1, 0.15) is 5.82 Å². The fourth-order valence-electron chi connectivity index (χ4n) is 2.69. The molecule has 140 valence electrons. The van der Waals surface area contributed by atoms with E-state index in [0.717, 1.165) is 18.7 Å². The smallest absolute Gasteiger partial charge is 0.191 e. The average molecular weight is 365 g/mol. The van der Waals surface area contributed by atoms with Crippen molar-refractivity contribution in [3.63, 3.8) is 0 Å². The van der Waals surface area contributed by atoms with E-state index in [2.05, 4.69) is 44.9 Å². The first-order valence-corrected chi connectivity index (χ1v) is 9.03. The summed E-state index contributed by atoms with van der Waals surface area (Å²) in [6.45, 7) is 4.69. The second-order valence-corrected chi connectivity index (χ2v) is 6.23. The van der Waals surface area contributed by atoms with E-state index in [-0.39, 0.29) is 5.82 Å². The van der Waals surface area contributed by atoms with Crippen molar-refractivity contribution < 1.29 is 4.39 Å². The minimum Gasteiger partial charge on any atom is -0.357 e. The molecular weight excluding hydrogens is 341 g/mol. The van der Waals surface area contributed by atoms with Gasteiger partial charge in [-0.3, -0.25) is 0 Å². The fourth-order valence-corrected chi connectivity index (χ4v) is 2.69. The van der Waals surface area contributed by atoms with Gasteiger partial charge in [0.05, 0.1) is 12.9 Å². The van der Waals surface area contributed by atoms with Crippen LogP contribution in [-0.4, -0.2) is 22.1 Å². The summed E-state index contributed by atoms with van der Waals surface area (Å²) < 4.78 is 15.3. The van der Waals surface area contributed by atoms with Crippen molar-refractivity contribution in [2.24, 2.45) is 4.99 Å². The topological polar surface area (TPSA) is 54.2 Å². The lowest BCUT2D eigenvalue weighted by Crippen LogP contribution is -2.36. The molecule has 0 saturated heterocycles. The van der Waals surface area contributed by atoms with Crippen molar-refractivity contribution in [1.29, 1.82) is 0 Å². The summed E-state index contributed by atoms with van der Waals surface area (Å²) in [4.78, 5) is 8.58. The Balaban J connectivity index is 1.56. The summed E-state index contributed by atoms with van der Waals surface area (Å²) in [5.41, 5.74) is 3.24. The molecule has 2 aromatic carbocycles. The molecule has 1 aromatic heterocycles. The van der Waals surface area contributed by atoms with E-state index in [1.165, 1.54) is 23.3 Å². The van der Waals surface area contributed by atoms with Crippen LogP contribution >= 0.6 is 0 Å². The second kappa shape index (κ2) is 9.52. The minimum absolute atomic E-state index is 0.239. The number of halogens is 1. The lowest BCUT2D eigenvalue weighted by Gasteiger charge is -2.12. The Kier molecular flexibility index (Phi) is 6.57. The fraction of sp³-hybridized carbons (Fsp3) is 0.238. The molecule has 5 nitrogen and oxygen atoms in total. The highest BCUT2D eigenvalue weighted by Gasteiger charge is 2.01. The van der Waals surface area contributed by atoms with Crippen LogP contribution < -0.4 is 10.6 Å². The van der Waals surface area contributed by atoms with Gasteiger partial charge in [0, 0.05) is 32.0 Å². The van der Waals surface area contributed by atoms with Crippen LogP contribution in [0.15, 0.2) is 72.2 Å². The van der Waals surface area contributed by atoms with Gasteiger partial charge in [-0.15, -0.1) is 0 Å². The van der Waals surface area contributed by atoms with Gasteiger partial charge in [0.25, 0.3) is 0 Å². The lowest BCUT2D eigenvalue weighted by molar-refractivity contribution is 0.625. The maximum absolute atomic E-state index is 13.3. The average Bonchev–Trinajstić information content (AvgIpc) is 3.18. The highest BCUT2D eigenvalue weighted by Crippen LogP contribution is 2.07. The van der Waals surface area contributed by atoms with Crippen LogP contribution in [0.4, 0.5) is 4.39 Å². The number of benzene rings is 2. The predicted octanol–water partition coefficient (Wildman–Crippen LogP) is 3.33. The van der Waals surface area contributed by atoms with Gasteiger partial charge in [-0.25, -0.2) is 14.4 Å². The quantitative estimate of drug-likeness (QED) is 0.499. The first-order chi connectivity index (χ1) is 13.2. The maximum Gasteiger partial charge on any atom is 0.191 e. The van der Waals surface area contributed by atoms with Crippen molar-refractivity contribution in [2.45, 2.75) is 26.6 Å². The van der Waals surface area contributed by atoms with E-state index in [1.54, 1.807) is 12.3 Å². The largest absolute Gasteiger partial charge is 0.357 e. The maximum atomic E-state index is 13.3. The van der Waals surface area contributed by atoms with Crippen LogP contribution in [0.25, 0.3) is 0 Å². The molecule has 0 aliphatic carbocycles. The molecule has 6 heteroatoms. The molecule has 0 amide bonds. The SMILES string of the molecule is CCNC(=NCc1cccc(F)c1)NCc1ccc(Cn2ccnc2)cc1. The molecule has 27 heavy (non-hydrogen) atoms. The van der Waals surface area contributed by atoms with Crippen molar-refractivity contribution in [3.05, 3.63) is 89.8 Å². The Morgan fingerprint density at radius 2 is 1.89 bits per heavy atom. The molecule has 3 aromatic rings. The van der Waals surface area contributed by atoms with Gasteiger partial charge in [0.2, 0.25) is 0 Å². The van der Waals surface area contributed by atoms with Gasteiger partial charge >= 0.3 is 0 Å². The highest BCUT2D eigenvalue weighted by molar-refractivity contribution is 5.79. The molecule has 0 unspecified atom stereocenters. The minimum atomic E-state index is -0.239. The van der Waals surface area contributed by atoms with E-state index in [0.29, 0.717) is 19.0 Å². The van der Waals surface area contributed by atoms with Crippen molar-refractivity contribution in [2.75, 3.05) is 6.54 Å². The first kappa shape index (κ1) is 18.6. The molecule has 2 N–H and O–H groups in total. The Labute approximate surface area is 159 Å². The van der Waals surface area contributed by atoms with Crippen LogP contribution in [-0.2, 0) is 19.6 Å². The van der Waals surface area contributed by atoms with E-state index in [9.17, 15) is 4.39 Å². The van der Waals surface area contributed by atoms with Crippen molar-refractivity contribution in [1.82, 2.24) is 20.2 Å². The molecule has 0 aliphatic heterocycles. The van der Waals surface area contributed by atoms with Crippen LogP contribution in [0.2, 0.25) is 0 Å². The summed E-state index contributed by atoms with van der Waals surface area (Å²) in [6.07, 6.45) is 5.55. The number of hydrogen-bond donors (Lipinski definition) is 2. The zero-order chi connectivity index (χ0) is 18.9. The number of rotatable bonds is 7. The van der Waals surface area contributed by atoms with E-state index in [1.807, 2.05) is 30.1 Å². The molecule has 0 atom stereocenters. The molecular formula is C21H24FN5. The zero-order valence-electron chi connectivity index (χ0n) is 15.4. The Morgan fingerprint density at radius 3 is 2.59 bits per heavy atom. The second-order valence-electron chi connectivity index (χ2n) is 6.23. The summed E-state index contributed by atoms with van der Waals surface area (Å²) >= 11 is 0. The summed E-state index contributed by atoms with van der Waals surface area (Å²) in [6, 6.07) is 15.0. The Hall–Kier alpha value is -3.15. The predicted molar refractivity (Wildman–Crippen MR) is 106 cm³/mol. The molecule has 0 spiro atoms. The normalized spacial score (nSPS) is 11.4. The molecule has 0 aliphatic rings. The Morgan fingerprint density at radius 1 is 1.07 bits per heavy atom. The van der Waals surface area contributed by atoms with Crippen LogP contribution in [0.5, 0.6) is 0 Å². The van der Waals surface area contributed by atoms with Crippen LogP contribution in [0.1, 0.15) is 23.6 Å². The molecule has 3 rings (SSSR count). The summed E-state index contributed by atoms with van der Waals surface area (Å²) in [5, 5.41) is 6.53. The molecule has 0 fully saturated rings. The van der Waals surface area contributed by atoms with Crippen molar-refractivity contribution >= 4 is 5.96 Å². The van der Waals surface area contributed by atoms with Crippen LogP contribution in [0, 0.1) is 5.82 Å². The number of nitrogens with zero attached hydrogens (tertiary/aromatic N) is 3. The van der Waals surface area contributed by atoms with Gasteiger partial charge in [-0.05, 0) is 35.7 Å². The summed E-state index contributed by atoms with van der Waals surface area (Å²) in [7, 11) is 0. The third kappa shape index (κ3) is 5.95. The monoisotopic (exact) mass is 365 g/mol. The third-order valence-electron chi connectivity index (χ3n) is 4.06. The molecule has 1 heterocycles. The number of guanidine groups is 1. The number of nitrogens with one attached hydrogen (secondary N) is 2.